The first kappa shape index (κ1) is 11.2. The van der Waals surface area contributed by atoms with Gasteiger partial charge in [-0.2, -0.15) is 5.10 Å². The molecule has 0 spiro atoms. The number of allylic oxidation sites excluding steroid dienone is 1. The van der Waals surface area contributed by atoms with Crippen molar-refractivity contribution in [1.29, 1.82) is 0 Å². The van der Waals surface area contributed by atoms with Crippen LogP contribution in [0.1, 0.15) is 22.7 Å². The van der Waals surface area contributed by atoms with E-state index in [4.69, 9.17) is 0 Å². The summed E-state index contributed by atoms with van der Waals surface area (Å²) in [5.41, 5.74) is 4.55. The fourth-order valence-electron chi connectivity index (χ4n) is 2.73. The van der Waals surface area contributed by atoms with Gasteiger partial charge in [-0.3, -0.25) is 5.10 Å². The smallest absolute Gasteiger partial charge is 0.158 e. The number of nitrogens with one attached hydrogen (secondary N) is 2. The first-order valence-corrected chi connectivity index (χ1v) is 6.72. The molecule has 0 aliphatic heterocycles. The van der Waals surface area contributed by atoms with Gasteiger partial charge in [0.15, 0.2) is 5.82 Å². The number of aromatic amines is 2. The fourth-order valence-corrected chi connectivity index (χ4v) is 2.73. The molecule has 0 radical (unpaired) electrons. The second-order valence-corrected chi connectivity index (χ2v) is 4.98. The molecule has 0 saturated carbocycles. The van der Waals surface area contributed by atoms with Crippen molar-refractivity contribution in [2.24, 2.45) is 0 Å². The number of fused-ring (bicyclic) bond motifs is 1. The summed E-state index contributed by atoms with van der Waals surface area (Å²) in [6.07, 6.45) is 8.91. The molecule has 4 rings (SSSR count). The van der Waals surface area contributed by atoms with E-state index in [1.165, 1.54) is 11.3 Å². The number of nitrogens with zero attached hydrogens (tertiary/aromatic N) is 2. The van der Waals surface area contributed by atoms with E-state index in [1.807, 2.05) is 12.3 Å². The van der Waals surface area contributed by atoms with Gasteiger partial charge in [0.2, 0.25) is 0 Å². The van der Waals surface area contributed by atoms with Gasteiger partial charge >= 0.3 is 0 Å². The molecule has 2 N–H and O–H groups in total. The molecule has 1 atom stereocenters. The van der Waals surface area contributed by atoms with Crippen LogP contribution in [0.3, 0.4) is 0 Å². The van der Waals surface area contributed by atoms with Gasteiger partial charge in [-0.1, -0.05) is 42.5 Å². The standard InChI is InChI=1S/C16H14N4/c1-2-4-11(5-3-1)12-6-7-13-14(10-12)19-20-15(13)16-17-8-9-18-16/h1-9,12H,10H2,(H,17,18)(H,19,20). The topological polar surface area (TPSA) is 57.4 Å². The molecule has 0 fully saturated rings. The molecule has 0 amide bonds. The maximum absolute atomic E-state index is 4.40. The van der Waals surface area contributed by atoms with Crippen molar-refractivity contribution in [2.75, 3.05) is 0 Å². The first-order valence-electron chi connectivity index (χ1n) is 6.72. The second-order valence-electron chi connectivity index (χ2n) is 4.98. The zero-order valence-electron chi connectivity index (χ0n) is 10.9. The molecule has 0 bridgehead atoms. The lowest BCUT2D eigenvalue weighted by Gasteiger charge is -2.16. The van der Waals surface area contributed by atoms with E-state index in [2.05, 4.69) is 56.6 Å². The lowest BCUT2D eigenvalue weighted by Crippen LogP contribution is -2.05. The summed E-state index contributed by atoms with van der Waals surface area (Å²) in [7, 11) is 0. The van der Waals surface area contributed by atoms with E-state index in [1.54, 1.807) is 6.20 Å². The molecule has 1 aliphatic carbocycles. The third-order valence-corrected chi connectivity index (χ3v) is 3.75. The summed E-state index contributed by atoms with van der Waals surface area (Å²) in [5.74, 6) is 1.22. The van der Waals surface area contributed by atoms with E-state index in [0.717, 1.165) is 23.5 Å². The van der Waals surface area contributed by atoms with Crippen molar-refractivity contribution in [2.45, 2.75) is 12.3 Å². The average molecular weight is 262 g/mol. The molecule has 1 unspecified atom stereocenters. The van der Waals surface area contributed by atoms with Crippen molar-refractivity contribution >= 4 is 6.08 Å². The Hall–Kier alpha value is -2.62. The molecule has 20 heavy (non-hydrogen) atoms. The van der Waals surface area contributed by atoms with Crippen LogP contribution in [-0.4, -0.2) is 20.2 Å². The predicted molar refractivity (Wildman–Crippen MR) is 78.1 cm³/mol. The highest BCUT2D eigenvalue weighted by Gasteiger charge is 2.21. The number of hydrogen-bond acceptors (Lipinski definition) is 2. The van der Waals surface area contributed by atoms with E-state index in [-0.39, 0.29) is 0 Å². The number of hydrogen-bond donors (Lipinski definition) is 2. The molecule has 2 heterocycles. The highest BCUT2D eigenvalue weighted by molar-refractivity contribution is 5.71. The Morgan fingerprint density at radius 1 is 1.15 bits per heavy atom. The van der Waals surface area contributed by atoms with E-state index < -0.39 is 0 Å². The van der Waals surface area contributed by atoms with Crippen molar-refractivity contribution < 1.29 is 0 Å². The largest absolute Gasteiger partial charge is 0.343 e. The average Bonchev–Trinajstić information content (AvgIpc) is 3.16. The monoisotopic (exact) mass is 262 g/mol. The van der Waals surface area contributed by atoms with Crippen molar-refractivity contribution in [3.63, 3.8) is 0 Å². The fraction of sp³-hybridized carbons (Fsp3) is 0.125. The molecule has 4 heteroatoms. The summed E-state index contributed by atoms with van der Waals surface area (Å²) >= 11 is 0. The summed E-state index contributed by atoms with van der Waals surface area (Å²) < 4.78 is 0. The minimum atomic E-state index is 0.411. The van der Waals surface area contributed by atoms with Gasteiger partial charge in [-0.05, 0) is 5.56 Å². The zero-order valence-corrected chi connectivity index (χ0v) is 10.9. The van der Waals surface area contributed by atoms with E-state index >= 15 is 0 Å². The molecular formula is C16H14N4. The third-order valence-electron chi connectivity index (χ3n) is 3.75. The molecule has 98 valence electrons. The summed E-state index contributed by atoms with van der Waals surface area (Å²) in [6, 6.07) is 10.6. The Labute approximate surface area is 116 Å². The Morgan fingerprint density at radius 3 is 2.85 bits per heavy atom. The lowest BCUT2D eigenvalue weighted by molar-refractivity contribution is 0.794. The summed E-state index contributed by atoms with van der Waals surface area (Å²) in [5, 5.41) is 7.55. The highest BCUT2D eigenvalue weighted by atomic mass is 15.1. The summed E-state index contributed by atoms with van der Waals surface area (Å²) in [6.45, 7) is 0. The van der Waals surface area contributed by atoms with Crippen LogP contribution >= 0.6 is 0 Å². The third kappa shape index (κ3) is 1.77. The Bertz CT molecular complexity index is 738. The van der Waals surface area contributed by atoms with E-state index in [0.29, 0.717) is 5.92 Å². The molecule has 4 nitrogen and oxygen atoms in total. The van der Waals surface area contributed by atoms with Crippen LogP contribution in [0.15, 0.2) is 48.8 Å². The highest BCUT2D eigenvalue weighted by Crippen LogP contribution is 2.32. The van der Waals surface area contributed by atoms with Gasteiger partial charge < -0.3 is 4.98 Å². The van der Waals surface area contributed by atoms with Crippen molar-refractivity contribution in [3.05, 3.63) is 65.6 Å². The molecule has 1 aliphatic rings. The Kier molecular flexibility index (Phi) is 2.52. The quantitative estimate of drug-likeness (QED) is 0.745. The van der Waals surface area contributed by atoms with Gasteiger partial charge in [-0.25, -0.2) is 4.98 Å². The number of imidazole rings is 1. The van der Waals surface area contributed by atoms with E-state index in [9.17, 15) is 0 Å². The number of H-pyrrole nitrogens is 2. The minimum absolute atomic E-state index is 0.411. The van der Waals surface area contributed by atoms with Crippen LogP contribution in [0.5, 0.6) is 0 Å². The predicted octanol–water partition coefficient (Wildman–Crippen LogP) is 3.15. The molecule has 3 aromatic rings. The minimum Gasteiger partial charge on any atom is -0.343 e. The Morgan fingerprint density at radius 2 is 2.05 bits per heavy atom. The zero-order chi connectivity index (χ0) is 13.4. The molecule has 1 aromatic carbocycles. The van der Waals surface area contributed by atoms with Gasteiger partial charge in [0.25, 0.3) is 0 Å². The maximum Gasteiger partial charge on any atom is 0.158 e. The maximum atomic E-state index is 4.40. The van der Waals surface area contributed by atoms with Crippen LogP contribution in [0, 0.1) is 0 Å². The van der Waals surface area contributed by atoms with Crippen molar-refractivity contribution in [1.82, 2.24) is 20.2 Å². The lowest BCUT2D eigenvalue weighted by atomic mass is 9.88. The van der Waals surface area contributed by atoms with Crippen LogP contribution in [0.25, 0.3) is 17.6 Å². The normalized spacial score (nSPS) is 17.1. The molecular weight excluding hydrogens is 248 g/mol. The van der Waals surface area contributed by atoms with Gasteiger partial charge in [0, 0.05) is 36.0 Å². The van der Waals surface area contributed by atoms with Gasteiger partial charge in [0.1, 0.15) is 5.69 Å². The first-order chi connectivity index (χ1) is 9.92. The van der Waals surface area contributed by atoms with Crippen molar-refractivity contribution in [3.8, 4) is 11.5 Å². The molecule has 0 saturated heterocycles. The SMILES string of the molecule is C1=CC(c2ccccc2)Cc2[nH]nc(-c3ncc[nH]3)c21. The molecule has 2 aromatic heterocycles. The van der Waals surface area contributed by atoms with Gasteiger partial charge in [-0.15, -0.1) is 0 Å². The van der Waals surface area contributed by atoms with Crippen LogP contribution in [0.4, 0.5) is 0 Å². The second kappa shape index (κ2) is 4.49. The van der Waals surface area contributed by atoms with Crippen LogP contribution < -0.4 is 0 Å². The van der Waals surface area contributed by atoms with Gasteiger partial charge in [0.05, 0.1) is 0 Å². The Balaban J connectivity index is 1.70. The number of rotatable bonds is 2. The van der Waals surface area contributed by atoms with Crippen LogP contribution in [0.2, 0.25) is 0 Å². The number of aromatic nitrogens is 4. The summed E-state index contributed by atoms with van der Waals surface area (Å²) in [4.78, 5) is 7.38. The van der Waals surface area contributed by atoms with Crippen LogP contribution in [-0.2, 0) is 6.42 Å². The number of benzene rings is 1.